The Hall–Kier alpha value is -5.85. The Morgan fingerprint density at radius 3 is 2.42 bits per heavy atom. The second-order valence-electron chi connectivity index (χ2n) is 15.3. The number of carbonyl (C=O) groups is 4. The molecule has 4 heterocycles. The van der Waals surface area contributed by atoms with Crippen LogP contribution in [0.1, 0.15) is 75.3 Å². The lowest BCUT2D eigenvalue weighted by atomic mass is 9.94. The first-order chi connectivity index (χ1) is 28.0. The number of nitrogens with zero attached hydrogens (tertiary/aromatic N) is 6. The Labute approximate surface area is 345 Å². The highest BCUT2D eigenvalue weighted by molar-refractivity contribution is 7.81. The van der Waals surface area contributed by atoms with E-state index in [4.69, 9.17) is 4.74 Å². The first-order valence-corrected chi connectivity index (χ1v) is 19.8. The highest BCUT2D eigenvalue weighted by Crippen LogP contribution is 2.43. The molecular weight excluding hydrogens is 788 g/mol. The number of nitrogens with one attached hydrogen (secondary N) is 3. The number of alkyl halides is 3. The highest BCUT2D eigenvalue weighted by Gasteiger charge is 2.52. The Kier molecular flexibility index (Phi) is 12.7. The van der Waals surface area contributed by atoms with Gasteiger partial charge in [0.1, 0.15) is 23.4 Å². The number of hydrogen-bond acceptors (Lipinski definition) is 12. The molecule has 3 saturated heterocycles. The number of piperidine rings is 2. The van der Waals surface area contributed by atoms with Crippen LogP contribution in [0.5, 0.6) is 5.75 Å². The van der Waals surface area contributed by atoms with E-state index in [1.165, 1.54) is 6.07 Å². The number of halogens is 3. The minimum Gasteiger partial charge on any atom is -0.493 e. The van der Waals surface area contributed by atoms with Crippen LogP contribution >= 0.6 is 12.6 Å². The summed E-state index contributed by atoms with van der Waals surface area (Å²) in [7, 11) is 0. The average molecular weight is 832 g/mol. The topological polar surface area (TPSA) is 184 Å². The summed E-state index contributed by atoms with van der Waals surface area (Å²) in [5.41, 5.74) is -1.58. The van der Waals surface area contributed by atoms with Crippen molar-refractivity contribution in [3.8, 4) is 17.9 Å². The van der Waals surface area contributed by atoms with Gasteiger partial charge in [-0.15, -0.1) is 12.6 Å². The smallest absolute Gasteiger partial charge is 0.419 e. The molecule has 59 heavy (non-hydrogen) atoms. The number of thiol groups is 1. The van der Waals surface area contributed by atoms with Crippen molar-refractivity contribution in [1.29, 1.82) is 10.5 Å². The summed E-state index contributed by atoms with van der Waals surface area (Å²) >= 11 is 4.69. The van der Waals surface area contributed by atoms with Crippen molar-refractivity contribution in [3.05, 3.63) is 71.0 Å². The third kappa shape index (κ3) is 9.56. The lowest BCUT2D eigenvalue weighted by Crippen LogP contribution is -2.47. The molecule has 14 nitrogen and oxygen atoms in total. The van der Waals surface area contributed by atoms with Crippen LogP contribution in [-0.4, -0.2) is 76.8 Å². The summed E-state index contributed by atoms with van der Waals surface area (Å²) in [6, 6.07) is 14.0. The maximum absolute atomic E-state index is 13.7. The van der Waals surface area contributed by atoms with Crippen molar-refractivity contribution in [1.82, 2.24) is 15.2 Å². The Morgan fingerprint density at radius 2 is 1.76 bits per heavy atom. The van der Waals surface area contributed by atoms with Gasteiger partial charge >= 0.3 is 6.18 Å². The van der Waals surface area contributed by atoms with Crippen molar-refractivity contribution in [2.75, 3.05) is 46.7 Å². The first kappa shape index (κ1) is 42.7. The van der Waals surface area contributed by atoms with E-state index in [9.17, 15) is 42.9 Å². The molecule has 2 aromatic carbocycles. The second kappa shape index (κ2) is 17.6. The van der Waals surface area contributed by atoms with Crippen molar-refractivity contribution in [3.63, 3.8) is 0 Å². The summed E-state index contributed by atoms with van der Waals surface area (Å²) in [5, 5.41) is 26.9. The number of benzene rings is 2. The van der Waals surface area contributed by atoms with Crippen molar-refractivity contribution in [2.24, 2.45) is 5.92 Å². The average Bonchev–Trinajstić information content (AvgIpc) is 3.37. The molecule has 3 aromatic rings. The first-order valence-electron chi connectivity index (χ1n) is 19.2. The van der Waals surface area contributed by atoms with Gasteiger partial charge in [0.25, 0.3) is 5.91 Å². The van der Waals surface area contributed by atoms with Crippen LogP contribution in [-0.2, 0) is 31.8 Å². The maximum Gasteiger partial charge on any atom is 0.419 e. The number of hydrogen-bond donors (Lipinski definition) is 4. The monoisotopic (exact) mass is 831 g/mol. The zero-order valence-corrected chi connectivity index (χ0v) is 33.6. The number of anilines is 4. The standard InChI is InChI=1S/C41H44F3N9O5S/c1-4-26-17-29(53-39(59)52(38(57)40(53,2)3)30-19-31(41(42,43)44)33(21-46)47-22-30)5-7-34(26)58-14-11-24-9-12-51(13-10-24)23-36(55)49-28-16-25(20-45)15-27(18-28)48-32-6-8-35(54)50-37(32)56/h5,7,15-19,22,24,32,39,48,59H,4,6,8-14,23H2,1-3H3,(H,49,55)(H,50,54,56). The molecule has 3 N–H and O–H groups in total. The Morgan fingerprint density at radius 1 is 1.03 bits per heavy atom. The summed E-state index contributed by atoms with van der Waals surface area (Å²) in [5.74, 6) is -0.417. The maximum atomic E-state index is 13.7. The number of amides is 4. The number of imide groups is 1. The van der Waals surface area contributed by atoms with Crippen LogP contribution < -0.4 is 30.5 Å². The predicted molar refractivity (Wildman–Crippen MR) is 215 cm³/mol. The number of rotatable bonds is 12. The Balaban J connectivity index is 1.01. The van der Waals surface area contributed by atoms with E-state index >= 15 is 0 Å². The van der Waals surface area contributed by atoms with Gasteiger partial charge in [0.05, 0.1) is 42.2 Å². The predicted octanol–water partition coefficient (Wildman–Crippen LogP) is 5.59. The van der Waals surface area contributed by atoms with Gasteiger partial charge in [-0.05, 0) is 113 Å². The van der Waals surface area contributed by atoms with E-state index in [2.05, 4.69) is 44.5 Å². The van der Waals surface area contributed by atoms with Crippen molar-refractivity contribution in [2.45, 2.75) is 82.6 Å². The molecule has 3 fully saturated rings. The molecule has 1 aromatic heterocycles. The molecule has 3 aliphatic rings. The van der Waals surface area contributed by atoms with Gasteiger partial charge in [-0.25, -0.2) is 4.98 Å². The number of aromatic nitrogens is 1. The largest absolute Gasteiger partial charge is 0.493 e. The number of nitriles is 2. The fraction of sp³-hybridized carbons (Fsp3) is 0.439. The van der Waals surface area contributed by atoms with Crippen LogP contribution in [0.15, 0.2) is 48.7 Å². The van der Waals surface area contributed by atoms with E-state index in [0.717, 1.165) is 55.1 Å². The molecule has 0 bridgehead atoms. The number of ether oxygens (including phenoxy) is 1. The molecule has 2 atom stereocenters. The SMILES string of the molecule is CCc1cc(N2C(S)N(c3cnc(C#N)c(C(F)(F)F)c3)C(=O)C2(C)C)ccc1OCCC1CCN(CC(=O)Nc2cc(C#N)cc(NC3CCC(=O)NC3=O)c2)CC1. The van der Waals surface area contributed by atoms with Crippen LogP contribution in [0.25, 0.3) is 0 Å². The molecular formula is C41H44F3N9O5S. The van der Waals surface area contributed by atoms with Gasteiger partial charge in [-0.1, -0.05) is 6.92 Å². The van der Waals surface area contributed by atoms with Gasteiger partial charge in [-0.3, -0.25) is 34.3 Å². The fourth-order valence-electron chi connectivity index (χ4n) is 7.69. The van der Waals surface area contributed by atoms with Crippen LogP contribution in [0.2, 0.25) is 0 Å². The van der Waals surface area contributed by atoms with Gasteiger partial charge in [0, 0.05) is 23.5 Å². The van der Waals surface area contributed by atoms with Gasteiger partial charge in [0.2, 0.25) is 17.7 Å². The zero-order chi connectivity index (χ0) is 42.6. The van der Waals surface area contributed by atoms with E-state index in [1.807, 2.05) is 19.1 Å². The molecule has 4 amide bonds. The van der Waals surface area contributed by atoms with E-state index < -0.39 is 46.3 Å². The van der Waals surface area contributed by atoms with Gasteiger partial charge in [-0.2, -0.15) is 23.7 Å². The number of likely N-dealkylation sites (tertiary alicyclic amines) is 1. The molecule has 18 heteroatoms. The van der Waals surface area contributed by atoms with Gasteiger partial charge in [0.15, 0.2) is 11.2 Å². The molecule has 0 radical (unpaired) electrons. The Bertz CT molecular complexity index is 2210. The molecule has 0 saturated carbocycles. The van der Waals surface area contributed by atoms with Crippen LogP contribution in [0.3, 0.4) is 0 Å². The molecule has 3 aliphatic heterocycles. The van der Waals surface area contributed by atoms with Crippen LogP contribution in [0.4, 0.5) is 35.9 Å². The summed E-state index contributed by atoms with van der Waals surface area (Å²) in [6.07, 6.45) is -0.0890. The van der Waals surface area contributed by atoms with Crippen molar-refractivity contribution >= 4 is 59.0 Å². The number of pyridine rings is 1. The zero-order valence-electron chi connectivity index (χ0n) is 32.7. The third-order valence-electron chi connectivity index (χ3n) is 10.9. The molecule has 0 spiro atoms. The second-order valence-corrected chi connectivity index (χ2v) is 15.7. The quantitative estimate of drug-likeness (QED) is 0.132. The molecule has 6 rings (SSSR count). The fourth-order valence-corrected chi connectivity index (χ4v) is 8.35. The molecule has 0 aliphatic carbocycles. The number of carbonyl (C=O) groups excluding carboxylic acids is 4. The van der Waals surface area contributed by atoms with Crippen LogP contribution in [0, 0.1) is 28.6 Å². The summed E-state index contributed by atoms with van der Waals surface area (Å²) in [4.78, 5) is 59.0. The number of aryl methyl sites for hydroxylation is 1. The minimum absolute atomic E-state index is 0.124. The lowest BCUT2D eigenvalue weighted by molar-refractivity contribution is -0.138. The summed E-state index contributed by atoms with van der Waals surface area (Å²) in [6.45, 7) is 7.39. The normalized spacial score (nSPS) is 19.8. The third-order valence-corrected chi connectivity index (χ3v) is 11.3. The lowest BCUT2D eigenvalue weighted by Gasteiger charge is -2.34. The molecule has 2 unspecified atom stereocenters. The highest BCUT2D eigenvalue weighted by atomic mass is 32.1. The molecule has 310 valence electrons. The van der Waals surface area contributed by atoms with E-state index in [-0.39, 0.29) is 30.5 Å². The summed E-state index contributed by atoms with van der Waals surface area (Å²) < 4.78 is 47.5. The van der Waals surface area contributed by atoms with E-state index in [1.54, 1.807) is 43.0 Å². The minimum atomic E-state index is -4.84. The van der Waals surface area contributed by atoms with E-state index in [0.29, 0.717) is 53.7 Å². The van der Waals surface area contributed by atoms with Gasteiger partial charge < -0.3 is 20.3 Å². The van der Waals surface area contributed by atoms with Crippen molar-refractivity contribution < 1.29 is 37.1 Å².